The van der Waals surface area contributed by atoms with E-state index in [2.05, 4.69) is 27.2 Å². The van der Waals surface area contributed by atoms with E-state index < -0.39 is 6.03 Å². The summed E-state index contributed by atoms with van der Waals surface area (Å²) in [5.41, 5.74) is 4.07. The molecule has 2 aromatic carbocycles. The van der Waals surface area contributed by atoms with Crippen LogP contribution in [-0.4, -0.2) is 54.1 Å². The molecule has 1 aromatic heterocycles. The highest BCUT2D eigenvalue weighted by Crippen LogP contribution is 2.29. The monoisotopic (exact) mass is 514 g/mol. The number of carbonyl (C=O) groups is 3. The lowest BCUT2D eigenvalue weighted by Gasteiger charge is -2.32. The van der Waals surface area contributed by atoms with Crippen LogP contribution in [0.4, 0.5) is 10.5 Å². The molecule has 4 amide bonds. The van der Waals surface area contributed by atoms with Crippen LogP contribution in [-0.2, 0) is 0 Å². The van der Waals surface area contributed by atoms with E-state index in [1.165, 1.54) is 11.8 Å². The van der Waals surface area contributed by atoms with Crippen LogP contribution >= 0.6 is 0 Å². The van der Waals surface area contributed by atoms with Crippen molar-refractivity contribution in [2.45, 2.75) is 32.6 Å². The van der Waals surface area contributed by atoms with Crippen LogP contribution in [0.3, 0.4) is 0 Å². The van der Waals surface area contributed by atoms with Gasteiger partial charge in [0.25, 0.3) is 11.8 Å². The first-order valence-corrected chi connectivity index (χ1v) is 12.5. The van der Waals surface area contributed by atoms with Crippen LogP contribution in [0, 0.1) is 25.2 Å². The number of hydrogen-bond donors (Lipinski definition) is 3. The molecule has 0 saturated carbocycles. The Bertz CT molecular complexity index is 1350. The average Bonchev–Trinajstić information content (AvgIpc) is 3.38. The lowest BCUT2D eigenvalue weighted by Crippen LogP contribution is -2.38. The highest BCUT2D eigenvalue weighted by molar-refractivity contribution is 5.97. The largest absolute Gasteiger partial charge is 0.361 e. The maximum absolute atomic E-state index is 13.2. The van der Waals surface area contributed by atoms with Crippen molar-refractivity contribution in [2.75, 3.05) is 31.5 Å². The van der Waals surface area contributed by atoms with Crippen LogP contribution in [0.1, 0.15) is 61.9 Å². The molecule has 10 nitrogen and oxygen atoms in total. The molecule has 1 aliphatic heterocycles. The zero-order valence-corrected chi connectivity index (χ0v) is 21.4. The number of anilines is 1. The molecule has 0 spiro atoms. The van der Waals surface area contributed by atoms with Crippen molar-refractivity contribution >= 4 is 23.5 Å². The Balaban J connectivity index is 1.26. The molecular weight excluding hydrogens is 484 g/mol. The zero-order chi connectivity index (χ0) is 27.1. The second kappa shape index (κ2) is 12.1. The quantitative estimate of drug-likeness (QED) is 0.410. The van der Waals surface area contributed by atoms with Crippen molar-refractivity contribution < 1.29 is 18.9 Å². The van der Waals surface area contributed by atoms with Gasteiger partial charge in [0.15, 0.2) is 0 Å². The van der Waals surface area contributed by atoms with E-state index in [0.29, 0.717) is 47.1 Å². The average molecular weight is 515 g/mol. The van der Waals surface area contributed by atoms with Gasteiger partial charge in [0.2, 0.25) is 0 Å². The summed E-state index contributed by atoms with van der Waals surface area (Å²) in [6.07, 6.45) is 3.05. The predicted octanol–water partition coefficient (Wildman–Crippen LogP) is 3.73. The first-order valence-electron chi connectivity index (χ1n) is 12.5. The number of amides is 4. The number of piperidine rings is 1. The van der Waals surface area contributed by atoms with E-state index in [4.69, 9.17) is 9.78 Å². The van der Waals surface area contributed by atoms with Crippen LogP contribution in [0.15, 0.2) is 53.2 Å². The van der Waals surface area contributed by atoms with Gasteiger partial charge in [0.1, 0.15) is 11.3 Å². The summed E-state index contributed by atoms with van der Waals surface area (Å²) in [5, 5.41) is 20.7. The molecule has 1 saturated heterocycles. The number of rotatable bonds is 7. The summed E-state index contributed by atoms with van der Waals surface area (Å²) in [7, 11) is 0. The van der Waals surface area contributed by atoms with Crippen LogP contribution in [0.2, 0.25) is 0 Å². The van der Waals surface area contributed by atoms with Gasteiger partial charge in [-0.25, -0.2) is 4.79 Å². The number of carbonyl (C=O) groups excluding carboxylic acids is 3. The third-order valence-corrected chi connectivity index (χ3v) is 6.72. The molecule has 0 bridgehead atoms. The molecule has 10 heteroatoms. The minimum Gasteiger partial charge on any atom is -0.361 e. The van der Waals surface area contributed by atoms with Crippen LogP contribution < -0.4 is 16.0 Å². The molecule has 0 radical (unpaired) electrons. The predicted molar refractivity (Wildman–Crippen MR) is 141 cm³/mol. The molecule has 1 aliphatic rings. The molecule has 0 aliphatic carbocycles. The van der Waals surface area contributed by atoms with Crippen LogP contribution in [0.25, 0.3) is 0 Å². The summed E-state index contributed by atoms with van der Waals surface area (Å²) in [6, 6.07) is 14.6. The number of aryl methyl sites for hydroxylation is 2. The van der Waals surface area contributed by atoms with Crippen molar-refractivity contribution in [3.63, 3.8) is 0 Å². The van der Waals surface area contributed by atoms with Crippen molar-refractivity contribution in [3.8, 4) is 6.07 Å². The number of nitrogens with zero attached hydrogens (tertiary/aromatic N) is 3. The molecule has 1 fully saturated rings. The van der Waals surface area contributed by atoms with Gasteiger partial charge < -0.3 is 25.4 Å². The van der Waals surface area contributed by atoms with E-state index >= 15 is 0 Å². The Morgan fingerprint density at radius 2 is 1.76 bits per heavy atom. The Hall–Kier alpha value is -4.65. The second-order valence-corrected chi connectivity index (χ2v) is 9.26. The zero-order valence-electron chi connectivity index (χ0n) is 21.4. The number of urea groups is 1. The minimum absolute atomic E-state index is 0.0709. The third kappa shape index (κ3) is 6.37. The minimum atomic E-state index is -0.434. The Morgan fingerprint density at radius 1 is 1.05 bits per heavy atom. The van der Waals surface area contributed by atoms with Crippen molar-refractivity contribution in [1.82, 2.24) is 20.7 Å². The van der Waals surface area contributed by atoms with E-state index in [0.717, 1.165) is 18.4 Å². The molecule has 4 rings (SSSR count). The smallest absolute Gasteiger partial charge is 0.319 e. The molecule has 196 valence electrons. The van der Waals surface area contributed by atoms with Crippen molar-refractivity contribution in [3.05, 3.63) is 82.2 Å². The number of likely N-dealkylation sites (tertiary alicyclic amines) is 1. The van der Waals surface area contributed by atoms with Gasteiger partial charge in [0, 0.05) is 37.4 Å². The SMILES string of the molecule is Cc1ccc(C(=O)N2CCC(c3ccc(C#N)cc3)CC2)cc1NC(=O)NCCNC(=O)c1cnoc1C. The van der Waals surface area contributed by atoms with Gasteiger partial charge in [-0.3, -0.25) is 9.59 Å². The fraction of sp³-hybridized carbons (Fsp3) is 0.321. The van der Waals surface area contributed by atoms with Crippen molar-refractivity contribution in [1.29, 1.82) is 5.26 Å². The molecular formula is C28H30N6O4. The number of benzene rings is 2. The summed E-state index contributed by atoms with van der Waals surface area (Å²) in [4.78, 5) is 39.5. The maximum atomic E-state index is 13.2. The lowest BCUT2D eigenvalue weighted by molar-refractivity contribution is 0.0712. The first kappa shape index (κ1) is 26.4. The van der Waals surface area contributed by atoms with Gasteiger partial charge >= 0.3 is 6.03 Å². The van der Waals surface area contributed by atoms with Crippen molar-refractivity contribution in [2.24, 2.45) is 0 Å². The van der Waals surface area contributed by atoms with E-state index in [1.54, 1.807) is 19.1 Å². The molecule has 3 aromatic rings. The van der Waals surface area contributed by atoms with Gasteiger partial charge in [-0.1, -0.05) is 23.4 Å². The Labute approximate surface area is 221 Å². The summed E-state index contributed by atoms with van der Waals surface area (Å²) in [6.45, 7) is 5.23. The normalized spacial score (nSPS) is 13.4. The highest BCUT2D eigenvalue weighted by Gasteiger charge is 2.25. The van der Waals surface area contributed by atoms with Gasteiger partial charge in [-0.05, 0) is 68.0 Å². The third-order valence-electron chi connectivity index (χ3n) is 6.72. The first-order chi connectivity index (χ1) is 18.4. The van der Waals surface area contributed by atoms with E-state index in [-0.39, 0.29) is 24.9 Å². The number of nitriles is 1. The molecule has 2 heterocycles. The summed E-state index contributed by atoms with van der Waals surface area (Å²) in [5.74, 6) is 0.386. The summed E-state index contributed by atoms with van der Waals surface area (Å²) >= 11 is 0. The lowest BCUT2D eigenvalue weighted by atomic mass is 9.89. The molecule has 0 atom stereocenters. The fourth-order valence-corrected chi connectivity index (χ4v) is 4.45. The number of hydrogen-bond acceptors (Lipinski definition) is 6. The molecule has 38 heavy (non-hydrogen) atoms. The standard InChI is InChI=1S/C28H30N6O4/c1-18-3-6-23(27(36)34-13-9-22(10-14-34)21-7-4-20(16-29)5-8-21)15-25(18)33-28(37)31-12-11-30-26(35)24-17-32-38-19(24)2/h3-8,15,17,22H,9-14H2,1-2H3,(H,30,35)(H2,31,33,37). The van der Waals surface area contributed by atoms with Gasteiger partial charge in [-0.15, -0.1) is 0 Å². The maximum Gasteiger partial charge on any atom is 0.319 e. The van der Waals surface area contributed by atoms with Gasteiger partial charge in [-0.2, -0.15) is 5.26 Å². The van der Waals surface area contributed by atoms with E-state index in [1.807, 2.05) is 42.2 Å². The second-order valence-electron chi connectivity index (χ2n) is 9.26. The fourth-order valence-electron chi connectivity index (χ4n) is 4.45. The highest BCUT2D eigenvalue weighted by atomic mass is 16.5. The molecule has 0 unspecified atom stereocenters. The Kier molecular flexibility index (Phi) is 8.38. The molecule has 3 N–H and O–H groups in total. The van der Waals surface area contributed by atoms with Gasteiger partial charge in [0.05, 0.1) is 17.8 Å². The summed E-state index contributed by atoms with van der Waals surface area (Å²) < 4.78 is 4.88. The van der Waals surface area contributed by atoms with Crippen LogP contribution in [0.5, 0.6) is 0 Å². The Morgan fingerprint density at radius 3 is 2.42 bits per heavy atom. The van der Waals surface area contributed by atoms with E-state index in [9.17, 15) is 14.4 Å². The number of aromatic nitrogens is 1. The topological polar surface area (TPSA) is 140 Å². The number of nitrogens with one attached hydrogen (secondary N) is 3.